The van der Waals surface area contributed by atoms with Crippen molar-refractivity contribution in [1.82, 2.24) is 5.32 Å². The number of thioether (sulfide) groups is 1. The summed E-state index contributed by atoms with van der Waals surface area (Å²) in [6.07, 6.45) is 1.91. The number of carbonyl (C=O) groups is 2. The maximum atomic E-state index is 11.8. The summed E-state index contributed by atoms with van der Waals surface area (Å²) < 4.78 is 0. The molecular weight excluding hydrogens is 300 g/mol. The standard InChI is InChI=1S/C13H15ClN2O3S/c14-11-2-1-9(7-10(11)12(17)18)16-13(19)15-8-3-5-20-6-4-8/h1-2,7-8H,3-6H2,(H,17,18)(H2,15,16,19). The van der Waals surface area contributed by atoms with Crippen LogP contribution < -0.4 is 10.6 Å². The predicted molar refractivity (Wildman–Crippen MR) is 80.9 cm³/mol. The van der Waals surface area contributed by atoms with Crippen LogP contribution in [0.1, 0.15) is 23.2 Å². The Bertz CT molecular complexity index is 518. The van der Waals surface area contributed by atoms with Crippen LogP contribution in [0.5, 0.6) is 0 Å². The van der Waals surface area contributed by atoms with Gasteiger partial charge in [-0.1, -0.05) is 11.6 Å². The number of anilines is 1. The van der Waals surface area contributed by atoms with Crippen LogP contribution in [0.2, 0.25) is 5.02 Å². The number of carboxylic acids is 1. The summed E-state index contributed by atoms with van der Waals surface area (Å²) in [6.45, 7) is 0. The lowest BCUT2D eigenvalue weighted by molar-refractivity contribution is 0.0697. The number of urea groups is 1. The SMILES string of the molecule is O=C(Nc1ccc(Cl)c(C(=O)O)c1)NC1CCSCC1. The van der Waals surface area contributed by atoms with Crippen LogP contribution in [-0.2, 0) is 0 Å². The monoisotopic (exact) mass is 314 g/mol. The quantitative estimate of drug-likeness (QED) is 0.801. The summed E-state index contributed by atoms with van der Waals surface area (Å²) in [4.78, 5) is 22.8. The fourth-order valence-electron chi connectivity index (χ4n) is 1.96. The van der Waals surface area contributed by atoms with Crippen molar-refractivity contribution in [3.05, 3.63) is 28.8 Å². The second-order valence-electron chi connectivity index (χ2n) is 4.48. The van der Waals surface area contributed by atoms with E-state index in [1.807, 2.05) is 11.8 Å². The van der Waals surface area contributed by atoms with Gasteiger partial charge in [0.1, 0.15) is 0 Å². The van der Waals surface area contributed by atoms with Crippen molar-refractivity contribution in [2.45, 2.75) is 18.9 Å². The molecule has 3 N–H and O–H groups in total. The van der Waals surface area contributed by atoms with Gasteiger partial charge in [-0.05, 0) is 42.5 Å². The molecule has 1 aliphatic heterocycles. The molecule has 1 aliphatic rings. The van der Waals surface area contributed by atoms with Crippen LogP contribution >= 0.6 is 23.4 Å². The van der Waals surface area contributed by atoms with E-state index in [1.54, 1.807) is 6.07 Å². The number of carboxylic acid groups (broad SMARTS) is 1. The molecule has 0 radical (unpaired) electrons. The van der Waals surface area contributed by atoms with E-state index in [9.17, 15) is 9.59 Å². The Kier molecular flexibility index (Phi) is 5.14. The molecule has 0 saturated carbocycles. The van der Waals surface area contributed by atoms with E-state index in [4.69, 9.17) is 16.7 Å². The largest absolute Gasteiger partial charge is 0.478 e. The molecule has 5 nitrogen and oxygen atoms in total. The molecule has 1 heterocycles. The first kappa shape index (κ1) is 15.0. The van der Waals surface area contributed by atoms with Crippen LogP contribution in [0, 0.1) is 0 Å². The molecule has 1 aromatic carbocycles. The number of benzene rings is 1. The maximum Gasteiger partial charge on any atom is 0.337 e. The maximum absolute atomic E-state index is 11.8. The molecule has 0 bridgehead atoms. The summed E-state index contributed by atoms with van der Waals surface area (Å²) in [6, 6.07) is 4.24. The van der Waals surface area contributed by atoms with Gasteiger partial charge in [0.05, 0.1) is 10.6 Å². The third-order valence-electron chi connectivity index (χ3n) is 3.01. The first-order chi connectivity index (χ1) is 9.56. The number of carbonyl (C=O) groups excluding carboxylic acids is 1. The van der Waals surface area contributed by atoms with Crippen molar-refractivity contribution in [2.75, 3.05) is 16.8 Å². The molecule has 1 saturated heterocycles. The van der Waals surface area contributed by atoms with E-state index in [2.05, 4.69) is 10.6 Å². The number of hydrogen-bond acceptors (Lipinski definition) is 3. The first-order valence-electron chi connectivity index (χ1n) is 6.24. The lowest BCUT2D eigenvalue weighted by Crippen LogP contribution is -2.40. The van der Waals surface area contributed by atoms with Gasteiger partial charge < -0.3 is 15.7 Å². The average Bonchev–Trinajstić information content (AvgIpc) is 2.41. The topological polar surface area (TPSA) is 78.4 Å². The normalized spacial score (nSPS) is 15.7. The van der Waals surface area contributed by atoms with E-state index in [0.29, 0.717) is 5.69 Å². The van der Waals surface area contributed by atoms with Crippen LogP contribution in [-0.4, -0.2) is 34.7 Å². The molecule has 2 amide bonds. The Morgan fingerprint density at radius 2 is 2.00 bits per heavy atom. The molecule has 108 valence electrons. The zero-order chi connectivity index (χ0) is 14.5. The van der Waals surface area contributed by atoms with E-state index >= 15 is 0 Å². The highest BCUT2D eigenvalue weighted by Gasteiger charge is 2.16. The van der Waals surface area contributed by atoms with Crippen LogP contribution in [0.3, 0.4) is 0 Å². The second-order valence-corrected chi connectivity index (χ2v) is 6.12. The van der Waals surface area contributed by atoms with Crippen LogP contribution in [0.25, 0.3) is 0 Å². The second kappa shape index (κ2) is 6.85. The van der Waals surface area contributed by atoms with Crippen LogP contribution in [0.15, 0.2) is 18.2 Å². The first-order valence-corrected chi connectivity index (χ1v) is 7.77. The highest BCUT2D eigenvalue weighted by atomic mass is 35.5. The lowest BCUT2D eigenvalue weighted by atomic mass is 10.1. The number of nitrogens with one attached hydrogen (secondary N) is 2. The van der Waals surface area contributed by atoms with Gasteiger partial charge in [-0.2, -0.15) is 11.8 Å². The van der Waals surface area contributed by atoms with E-state index in [1.165, 1.54) is 12.1 Å². The van der Waals surface area contributed by atoms with Gasteiger partial charge in [0.2, 0.25) is 0 Å². The molecule has 1 fully saturated rings. The zero-order valence-corrected chi connectivity index (χ0v) is 12.3. The Morgan fingerprint density at radius 1 is 1.30 bits per heavy atom. The fraction of sp³-hybridized carbons (Fsp3) is 0.385. The Labute approximate surface area is 126 Å². The number of halogens is 1. The van der Waals surface area contributed by atoms with Crippen molar-refractivity contribution in [1.29, 1.82) is 0 Å². The van der Waals surface area contributed by atoms with Gasteiger partial charge in [-0.15, -0.1) is 0 Å². The minimum absolute atomic E-state index is 0.0291. The fourth-order valence-corrected chi connectivity index (χ4v) is 3.27. The lowest BCUT2D eigenvalue weighted by Gasteiger charge is -2.22. The molecule has 0 unspecified atom stereocenters. The smallest absolute Gasteiger partial charge is 0.337 e. The summed E-state index contributed by atoms with van der Waals surface area (Å²) >= 11 is 7.66. The van der Waals surface area contributed by atoms with E-state index in [-0.39, 0.29) is 22.7 Å². The third-order valence-corrected chi connectivity index (χ3v) is 4.39. The molecule has 7 heteroatoms. The third kappa shape index (κ3) is 4.05. The van der Waals surface area contributed by atoms with Crippen molar-refractivity contribution in [3.8, 4) is 0 Å². The molecular formula is C13H15ClN2O3S. The summed E-state index contributed by atoms with van der Waals surface area (Å²) in [5.41, 5.74) is 0.382. The number of rotatable bonds is 3. The summed E-state index contributed by atoms with van der Waals surface area (Å²) in [5, 5.41) is 14.6. The van der Waals surface area contributed by atoms with Crippen molar-refractivity contribution in [3.63, 3.8) is 0 Å². The van der Waals surface area contributed by atoms with Gasteiger partial charge in [-0.25, -0.2) is 9.59 Å². The molecule has 0 spiro atoms. The van der Waals surface area contributed by atoms with Crippen LogP contribution in [0.4, 0.5) is 10.5 Å². The Hall–Kier alpha value is -1.40. The molecule has 1 aromatic rings. The molecule has 20 heavy (non-hydrogen) atoms. The molecule has 0 aromatic heterocycles. The van der Waals surface area contributed by atoms with Crippen molar-refractivity contribution >= 4 is 41.1 Å². The molecule has 0 atom stereocenters. The van der Waals surface area contributed by atoms with E-state index < -0.39 is 5.97 Å². The van der Waals surface area contributed by atoms with Gasteiger partial charge in [-0.3, -0.25) is 0 Å². The Balaban J connectivity index is 1.96. The number of hydrogen-bond donors (Lipinski definition) is 3. The highest BCUT2D eigenvalue weighted by molar-refractivity contribution is 7.99. The minimum Gasteiger partial charge on any atom is -0.478 e. The van der Waals surface area contributed by atoms with Crippen molar-refractivity contribution < 1.29 is 14.7 Å². The summed E-state index contributed by atoms with van der Waals surface area (Å²) in [7, 11) is 0. The molecule has 2 rings (SSSR count). The van der Waals surface area contributed by atoms with E-state index in [0.717, 1.165) is 24.3 Å². The number of aromatic carboxylic acids is 1. The highest BCUT2D eigenvalue weighted by Crippen LogP contribution is 2.21. The van der Waals surface area contributed by atoms with Gasteiger partial charge in [0.25, 0.3) is 0 Å². The van der Waals surface area contributed by atoms with Gasteiger partial charge >= 0.3 is 12.0 Å². The Morgan fingerprint density at radius 3 is 2.65 bits per heavy atom. The average molecular weight is 315 g/mol. The van der Waals surface area contributed by atoms with Gasteiger partial charge in [0.15, 0.2) is 0 Å². The summed E-state index contributed by atoms with van der Waals surface area (Å²) in [5.74, 6) is 0.979. The van der Waals surface area contributed by atoms with Crippen molar-refractivity contribution in [2.24, 2.45) is 0 Å². The number of amides is 2. The zero-order valence-electron chi connectivity index (χ0n) is 10.7. The molecule has 0 aliphatic carbocycles. The minimum atomic E-state index is -1.12. The van der Waals surface area contributed by atoms with Gasteiger partial charge in [0, 0.05) is 11.7 Å². The predicted octanol–water partition coefficient (Wildman–Crippen LogP) is 3.06.